The maximum atomic E-state index is 12.6. The first-order chi connectivity index (χ1) is 11.6. The fourth-order valence-corrected chi connectivity index (χ4v) is 3.67. The van der Waals surface area contributed by atoms with Gasteiger partial charge < -0.3 is 10.0 Å². The number of hydrogen-bond acceptors (Lipinski definition) is 2. The molecule has 0 aromatic heterocycles. The lowest BCUT2D eigenvalue weighted by atomic mass is 9.93. The van der Waals surface area contributed by atoms with Crippen molar-refractivity contribution in [2.24, 2.45) is 0 Å². The SMILES string of the molecule is O=C(O)C1Cc2c(Br)cccc2CN1C(=O)CCc1ccccc1. The lowest BCUT2D eigenvalue weighted by molar-refractivity contribution is -0.151. The van der Waals surface area contributed by atoms with Crippen molar-refractivity contribution in [1.29, 1.82) is 0 Å². The summed E-state index contributed by atoms with van der Waals surface area (Å²) < 4.78 is 0.905. The lowest BCUT2D eigenvalue weighted by Crippen LogP contribution is -2.48. The minimum Gasteiger partial charge on any atom is -0.480 e. The molecule has 0 fully saturated rings. The van der Waals surface area contributed by atoms with E-state index in [0.29, 0.717) is 25.8 Å². The summed E-state index contributed by atoms with van der Waals surface area (Å²) in [6.07, 6.45) is 1.27. The van der Waals surface area contributed by atoms with Crippen LogP contribution in [0.1, 0.15) is 23.1 Å². The van der Waals surface area contributed by atoms with Crippen molar-refractivity contribution in [2.45, 2.75) is 31.8 Å². The molecule has 1 heterocycles. The van der Waals surface area contributed by atoms with E-state index < -0.39 is 12.0 Å². The van der Waals surface area contributed by atoms with Gasteiger partial charge in [0.05, 0.1) is 0 Å². The molecule has 4 nitrogen and oxygen atoms in total. The van der Waals surface area contributed by atoms with Gasteiger partial charge in [-0.1, -0.05) is 58.4 Å². The Labute approximate surface area is 149 Å². The Morgan fingerprint density at radius 1 is 1.12 bits per heavy atom. The number of halogens is 1. The number of benzene rings is 2. The minimum atomic E-state index is -0.954. The summed E-state index contributed by atoms with van der Waals surface area (Å²) in [6.45, 7) is 0.347. The third-order valence-electron chi connectivity index (χ3n) is 4.41. The Hall–Kier alpha value is -2.14. The zero-order valence-corrected chi connectivity index (χ0v) is 14.7. The molecule has 1 unspecified atom stereocenters. The van der Waals surface area contributed by atoms with Crippen LogP contribution in [0.4, 0.5) is 0 Å². The predicted molar refractivity (Wildman–Crippen MR) is 94.6 cm³/mol. The second kappa shape index (κ2) is 7.18. The predicted octanol–water partition coefficient (Wildman–Crippen LogP) is 3.42. The molecule has 1 N–H and O–H groups in total. The van der Waals surface area contributed by atoms with Gasteiger partial charge in [0.25, 0.3) is 0 Å². The van der Waals surface area contributed by atoms with Gasteiger partial charge in [0.2, 0.25) is 5.91 Å². The smallest absolute Gasteiger partial charge is 0.326 e. The van der Waals surface area contributed by atoms with Crippen molar-refractivity contribution in [3.8, 4) is 0 Å². The van der Waals surface area contributed by atoms with E-state index in [1.54, 1.807) is 0 Å². The molecule has 2 aromatic carbocycles. The summed E-state index contributed by atoms with van der Waals surface area (Å²) in [5.41, 5.74) is 3.07. The van der Waals surface area contributed by atoms with Crippen molar-refractivity contribution >= 4 is 27.8 Å². The Balaban J connectivity index is 1.77. The molecule has 1 amide bonds. The Morgan fingerprint density at radius 3 is 2.58 bits per heavy atom. The van der Waals surface area contributed by atoms with Crippen LogP contribution in [0, 0.1) is 0 Å². The van der Waals surface area contributed by atoms with Crippen LogP contribution in [0.5, 0.6) is 0 Å². The standard InChI is InChI=1S/C19H18BrNO3/c20-16-8-4-7-14-12-21(17(19(23)24)11-15(14)16)18(22)10-9-13-5-2-1-3-6-13/h1-8,17H,9-12H2,(H,23,24). The first-order valence-electron chi connectivity index (χ1n) is 7.88. The Morgan fingerprint density at radius 2 is 1.88 bits per heavy atom. The van der Waals surface area contributed by atoms with E-state index in [4.69, 9.17) is 0 Å². The van der Waals surface area contributed by atoms with Gasteiger partial charge in [0.15, 0.2) is 0 Å². The number of aliphatic carboxylic acids is 1. The van der Waals surface area contributed by atoms with Gasteiger partial charge in [0.1, 0.15) is 6.04 Å². The summed E-state index contributed by atoms with van der Waals surface area (Å²) in [4.78, 5) is 25.8. The lowest BCUT2D eigenvalue weighted by Gasteiger charge is -2.35. The van der Waals surface area contributed by atoms with Crippen LogP contribution in [-0.4, -0.2) is 27.9 Å². The van der Waals surface area contributed by atoms with Gasteiger partial charge in [-0.3, -0.25) is 4.79 Å². The largest absolute Gasteiger partial charge is 0.480 e. The first kappa shape index (κ1) is 16.7. The molecule has 1 aliphatic rings. The molecule has 0 saturated carbocycles. The van der Waals surface area contributed by atoms with Crippen LogP contribution in [0.25, 0.3) is 0 Å². The van der Waals surface area contributed by atoms with E-state index in [2.05, 4.69) is 15.9 Å². The zero-order chi connectivity index (χ0) is 17.1. The van der Waals surface area contributed by atoms with Gasteiger partial charge in [0, 0.05) is 23.9 Å². The van der Waals surface area contributed by atoms with Gasteiger partial charge >= 0.3 is 5.97 Å². The molecular formula is C19H18BrNO3. The molecule has 3 rings (SSSR count). The molecule has 0 bridgehead atoms. The quantitative estimate of drug-likeness (QED) is 0.873. The first-order valence-corrected chi connectivity index (χ1v) is 8.68. The van der Waals surface area contributed by atoms with Crippen LogP contribution in [0.15, 0.2) is 53.0 Å². The number of carbonyl (C=O) groups is 2. The van der Waals surface area contributed by atoms with Crippen molar-refractivity contribution in [1.82, 2.24) is 4.90 Å². The van der Waals surface area contributed by atoms with Gasteiger partial charge in [-0.05, 0) is 29.2 Å². The maximum Gasteiger partial charge on any atom is 0.326 e. The number of carboxylic acid groups (broad SMARTS) is 1. The fraction of sp³-hybridized carbons (Fsp3) is 0.263. The number of aryl methyl sites for hydroxylation is 1. The van der Waals surface area contributed by atoms with Crippen LogP contribution < -0.4 is 0 Å². The summed E-state index contributed by atoms with van der Waals surface area (Å²) in [5, 5.41) is 9.55. The van der Waals surface area contributed by atoms with Crippen molar-refractivity contribution in [3.63, 3.8) is 0 Å². The Kier molecular flexibility index (Phi) is 5.00. The molecule has 1 aliphatic heterocycles. The molecule has 2 aromatic rings. The van der Waals surface area contributed by atoms with Gasteiger partial charge in [-0.2, -0.15) is 0 Å². The van der Waals surface area contributed by atoms with Gasteiger partial charge in [-0.15, -0.1) is 0 Å². The number of carboxylic acids is 1. The highest BCUT2D eigenvalue weighted by Gasteiger charge is 2.34. The number of nitrogens with zero attached hydrogens (tertiary/aromatic N) is 1. The zero-order valence-electron chi connectivity index (χ0n) is 13.1. The topological polar surface area (TPSA) is 57.6 Å². The Bertz CT molecular complexity index is 760. The summed E-state index contributed by atoms with van der Waals surface area (Å²) in [5.74, 6) is -1.07. The molecule has 24 heavy (non-hydrogen) atoms. The highest BCUT2D eigenvalue weighted by molar-refractivity contribution is 9.10. The van der Waals surface area contributed by atoms with Crippen molar-refractivity contribution < 1.29 is 14.7 Å². The second-order valence-electron chi connectivity index (χ2n) is 5.94. The molecule has 1 atom stereocenters. The van der Waals surface area contributed by atoms with E-state index in [0.717, 1.165) is 21.2 Å². The number of carbonyl (C=O) groups excluding carboxylic acids is 1. The van der Waals surface area contributed by atoms with E-state index in [1.165, 1.54) is 4.90 Å². The monoisotopic (exact) mass is 387 g/mol. The average Bonchev–Trinajstić information content (AvgIpc) is 2.60. The van der Waals surface area contributed by atoms with Crippen LogP contribution in [0.2, 0.25) is 0 Å². The highest BCUT2D eigenvalue weighted by Crippen LogP contribution is 2.30. The van der Waals surface area contributed by atoms with Crippen LogP contribution >= 0.6 is 15.9 Å². The number of amides is 1. The summed E-state index contributed by atoms with van der Waals surface area (Å²) in [7, 11) is 0. The van der Waals surface area contributed by atoms with Crippen molar-refractivity contribution in [3.05, 3.63) is 69.7 Å². The molecule has 0 spiro atoms. The summed E-state index contributed by atoms with van der Waals surface area (Å²) in [6, 6.07) is 14.7. The average molecular weight is 388 g/mol. The van der Waals surface area contributed by atoms with E-state index in [-0.39, 0.29) is 5.91 Å². The molecular weight excluding hydrogens is 370 g/mol. The fourth-order valence-electron chi connectivity index (χ4n) is 3.10. The third kappa shape index (κ3) is 3.51. The third-order valence-corrected chi connectivity index (χ3v) is 5.15. The molecule has 0 radical (unpaired) electrons. The van der Waals surface area contributed by atoms with Crippen LogP contribution in [0.3, 0.4) is 0 Å². The maximum absolute atomic E-state index is 12.6. The number of rotatable bonds is 4. The van der Waals surface area contributed by atoms with Crippen LogP contribution in [-0.2, 0) is 29.0 Å². The number of fused-ring (bicyclic) bond motifs is 1. The number of hydrogen-bond donors (Lipinski definition) is 1. The molecule has 0 aliphatic carbocycles. The second-order valence-corrected chi connectivity index (χ2v) is 6.80. The molecule has 124 valence electrons. The minimum absolute atomic E-state index is 0.114. The normalized spacial score (nSPS) is 16.5. The highest BCUT2D eigenvalue weighted by atomic mass is 79.9. The van der Waals surface area contributed by atoms with Gasteiger partial charge in [-0.25, -0.2) is 4.79 Å². The molecule has 0 saturated heterocycles. The van der Waals surface area contributed by atoms with E-state index >= 15 is 0 Å². The summed E-state index contributed by atoms with van der Waals surface area (Å²) >= 11 is 3.48. The van der Waals surface area contributed by atoms with Crippen molar-refractivity contribution in [2.75, 3.05) is 0 Å². The van der Waals surface area contributed by atoms with E-state index in [1.807, 2.05) is 48.5 Å². The molecule has 5 heteroatoms. The van der Waals surface area contributed by atoms with E-state index in [9.17, 15) is 14.7 Å².